The first kappa shape index (κ1) is 22.3. The standard InChI is InChI=1S/C19H15ClF4N6O/c1-10(27-18(31)16-8-26-17(28-16)6-19(22,23)24)9-30-3-2-15(29-30)11-4-13(20)12(7-25)14(21)5-11/h2-5,8,10H,6,9H2,1H3,(H,26,28)(H,27,31). The van der Waals surface area contributed by atoms with E-state index in [1.54, 1.807) is 25.3 Å². The number of hydrogen-bond acceptors (Lipinski definition) is 4. The largest absolute Gasteiger partial charge is 0.396 e. The molecule has 3 rings (SSSR count). The van der Waals surface area contributed by atoms with Crippen LogP contribution in [0.3, 0.4) is 0 Å². The van der Waals surface area contributed by atoms with E-state index >= 15 is 0 Å². The molecule has 1 atom stereocenters. The number of imidazole rings is 1. The number of rotatable bonds is 6. The lowest BCUT2D eigenvalue weighted by Gasteiger charge is -2.13. The molecule has 2 N–H and O–H groups in total. The van der Waals surface area contributed by atoms with E-state index < -0.39 is 30.4 Å². The topological polar surface area (TPSA) is 99.4 Å². The van der Waals surface area contributed by atoms with Crippen molar-refractivity contribution in [3.8, 4) is 17.3 Å². The number of benzene rings is 1. The van der Waals surface area contributed by atoms with Crippen molar-refractivity contribution in [2.75, 3.05) is 0 Å². The Morgan fingerprint density at radius 1 is 1.42 bits per heavy atom. The molecular weight excluding hydrogens is 440 g/mol. The number of aromatic nitrogens is 4. The number of amides is 1. The van der Waals surface area contributed by atoms with Gasteiger partial charge in [-0.1, -0.05) is 11.6 Å². The Kier molecular flexibility index (Phi) is 6.31. The van der Waals surface area contributed by atoms with Gasteiger partial charge >= 0.3 is 6.18 Å². The molecular formula is C19H15ClF4N6O. The molecule has 3 aromatic rings. The molecule has 162 valence electrons. The van der Waals surface area contributed by atoms with Gasteiger partial charge in [-0.15, -0.1) is 0 Å². The highest BCUT2D eigenvalue weighted by molar-refractivity contribution is 6.32. The SMILES string of the molecule is CC(Cn1ccc(-c2cc(F)c(C#N)c(Cl)c2)n1)NC(=O)c1c[nH]c(CC(F)(F)F)n1. The highest BCUT2D eigenvalue weighted by Gasteiger charge is 2.29. The van der Waals surface area contributed by atoms with Gasteiger partial charge in [0.1, 0.15) is 35.4 Å². The quantitative estimate of drug-likeness (QED) is 0.552. The lowest BCUT2D eigenvalue weighted by Crippen LogP contribution is -2.36. The van der Waals surface area contributed by atoms with E-state index in [9.17, 15) is 22.4 Å². The maximum absolute atomic E-state index is 14.0. The third-order valence-electron chi connectivity index (χ3n) is 4.16. The summed E-state index contributed by atoms with van der Waals surface area (Å²) in [6, 6.07) is 5.43. The van der Waals surface area contributed by atoms with Gasteiger partial charge in [-0.2, -0.15) is 23.5 Å². The molecule has 0 aliphatic heterocycles. The summed E-state index contributed by atoms with van der Waals surface area (Å²) in [5, 5.41) is 15.8. The van der Waals surface area contributed by atoms with E-state index in [2.05, 4.69) is 20.4 Å². The number of nitrogens with zero attached hydrogens (tertiary/aromatic N) is 4. The van der Waals surface area contributed by atoms with Crippen LogP contribution >= 0.6 is 11.6 Å². The molecule has 0 bridgehead atoms. The molecule has 7 nitrogen and oxygen atoms in total. The number of aromatic amines is 1. The van der Waals surface area contributed by atoms with Crippen molar-refractivity contribution in [2.24, 2.45) is 0 Å². The molecule has 1 aromatic carbocycles. The Balaban J connectivity index is 1.63. The fourth-order valence-corrected chi connectivity index (χ4v) is 3.08. The summed E-state index contributed by atoms with van der Waals surface area (Å²) in [7, 11) is 0. The fourth-order valence-electron chi connectivity index (χ4n) is 2.83. The van der Waals surface area contributed by atoms with Crippen molar-refractivity contribution in [3.05, 3.63) is 58.5 Å². The van der Waals surface area contributed by atoms with E-state index in [1.165, 1.54) is 10.7 Å². The number of halogens is 5. The molecule has 1 unspecified atom stereocenters. The average molecular weight is 455 g/mol. The first-order chi connectivity index (χ1) is 14.6. The van der Waals surface area contributed by atoms with Gasteiger partial charge in [0.15, 0.2) is 0 Å². The lowest BCUT2D eigenvalue weighted by molar-refractivity contribution is -0.128. The number of alkyl halides is 3. The Hall–Kier alpha value is -3.39. The van der Waals surface area contributed by atoms with Crippen molar-refractivity contribution in [1.29, 1.82) is 5.26 Å². The Labute approximate surface area is 178 Å². The smallest absolute Gasteiger partial charge is 0.348 e. The second-order valence-electron chi connectivity index (χ2n) is 6.75. The van der Waals surface area contributed by atoms with Crippen molar-refractivity contribution >= 4 is 17.5 Å². The Morgan fingerprint density at radius 3 is 2.81 bits per heavy atom. The number of hydrogen-bond donors (Lipinski definition) is 2. The van der Waals surface area contributed by atoms with Crippen LogP contribution in [0.25, 0.3) is 11.3 Å². The molecule has 12 heteroatoms. The molecule has 0 saturated heterocycles. The van der Waals surface area contributed by atoms with Gasteiger partial charge in [0.25, 0.3) is 5.91 Å². The lowest BCUT2D eigenvalue weighted by atomic mass is 10.1. The van der Waals surface area contributed by atoms with Crippen LogP contribution in [0.2, 0.25) is 5.02 Å². The van der Waals surface area contributed by atoms with E-state index in [0.29, 0.717) is 11.3 Å². The summed E-state index contributed by atoms with van der Waals surface area (Å²) in [4.78, 5) is 18.2. The zero-order chi connectivity index (χ0) is 22.8. The molecule has 1 amide bonds. The number of carbonyl (C=O) groups is 1. The van der Waals surface area contributed by atoms with Crippen LogP contribution in [0, 0.1) is 17.1 Å². The maximum atomic E-state index is 14.0. The Bertz CT molecular complexity index is 1120. The monoisotopic (exact) mass is 454 g/mol. The van der Waals surface area contributed by atoms with E-state index in [-0.39, 0.29) is 28.6 Å². The normalized spacial score (nSPS) is 12.4. The van der Waals surface area contributed by atoms with Crippen LogP contribution in [-0.2, 0) is 13.0 Å². The minimum Gasteiger partial charge on any atom is -0.348 e. The molecule has 2 aromatic heterocycles. The van der Waals surface area contributed by atoms with Crippen molar-refractivity contribution in [2.45, 2.75) is 32.1 Å². The van der Waals surface area contributed by atoms with Crippen LogP contribution in [-0.4, -0.2) is 37.9 Å². The minimum absolute atomic E-state index is 0.0309. The number of carbonyl (C=O) groups excluding carboxylic acids is 1. The highest BCUT2D eigenvalue weighted by Crippen LogP contribution is 2.26. The van der Waals surface area contributed by atoms with Crippen LogP contribution in [0.15, 0.2) is 30.6 Å². The second-order valence-corrected chi connectivity index (χ2v) is 7.16. The van der Waals surface area contributed by atoms with Gasteiger partial charge in [-0.05, 0) is 25.1 Å². The van der Waals surface area contributed by atoms with Crippen molar-refractivity contribution in [1.82, 2.24) is 25.1 Å². The summed E-state index contributed by atoms with van der Waals surface area (Å²) in [5.41, 5.74) is 0.381. The Morgan fingerprint density at radius 2 is 2.16 bits per heavy atom. The van der Waals surface area contributed by atoms with Gasteiger partial charge in [-0.3, -0.25) is 9.48 Å². The number of nitriles is 1. The van der Waals surface area contributed by atoms with E-state index in [4.69, 9.17) is 16.9 Å². The van der Waals surface area contributed by atoms with Crippen LogP contribution in [0.4, 0.5) is 17.6 Å². The summed E-state index contributed by atoms with van der Waals surface area (Å²) in [5.74, 6) is -1.75. The first-order valence-corrected chi connectivity index (χ1v) is 9.28. The molecule has 0 aliphatic rings. The first-order valence-electron chi connectivity index (χ1n) is 8.90. The fraction of sp³-hybridized carbons (Fsp3) is 0.263. The average Bonchev–Trinajstić information content (AvgIpc) is 3.29. The molecule has 2 heterocycles. The van der Waals surface area contributed by atoms with Crippen LogP contribution < -0.4 is 5.32 Å². The van der Waals surface area contributed by atoms with Crippen LogP contribution in [0.1, 0.15) is 28.8 Å². The third-order valence-corrected chi connectivity index (χ3v) is 4.46. The molecule has 0 radical (unpaired) electrons. The van der Waals surface area contributed by atoms with Crippen LogP contribution in [0.5, 0.6) is 0 Å². The summed E-state index contributed by atoms with van der Waals surface area (Å²) in [6.07, 6.45) is -2.97. The predicted molar refractivity (Wildman–Crippen MR) is 103 cm³/mol. The minimum atomic E-state index is -4.43. The molecule has 0 fully saturated rings. The van der Waals surface area contributed by atoms with Crippen molar-refractivity contribution < 1.29 is 22.4 Å². The van der Waals surface area contributed by atoms with E-state index in [1.807, 2.05) is 0 Å². The summed E-state index contributed by atoms with van der Waals surface area (Å²) in [6.45, 7) is 1.92. The summed E-state index contributed by atoms with van der Waals surface area (Å²) < 4.78 is 52.6. The van der Waals surface area contributed by atoms with Crippen molar-refractivity contribution in [3.63, 3.8) is 0 Å². The van der Waals surface area contributed by atoms with Gasteiger partial charge in [0, 0.05) is 24.0 Å². The van der Waals surface area contributed by atoms with Gasteiger partial charge < -0.3 is 10.3 Å². The predicted octanol–water partition coefficient (Wildman–Crippen LogP) is 3.86. The van der Waals surface area contributed by atoms with E-state index in [0.717, 1.165) is 12.3 Å². The summed E-state index contributed by atoms with van der Waals surface area (Å²) >= 11 is 5.91. The molecule has 31 heavy (non-hydrogen) atoms. The third kappa shape index (κ3) is 5.61. The van der Waals surface area contributed by atoms with Gasteiger partial charge in [0.2, 0.25) is 0 Å². The highest BCUT2D eigenvalue weighted by atomic mass is 35.5. The molecule has 0 spiro atoms. The zero-order valence-electron chi connectivity index (χ0n) is 16.0. The molecule has 0 saturated carbocycles. The number of nitrogens with one attached hydrogen (secondary N) is 2. The second kappa shape index (κ2) is 8.77. The number of H-pyrrole nitrogens is 1. The van der Waals surface area contributed by atoms with Gasteiger partial charge in [-0.25, -0.2) is 9.37 Å². The maximum Gasteiger partial charge on any atom is 0.396 e. The molecule has 0 aliphatic carbocycles. The zero-order valence-corrected chi connectivity index (χ0v) is 16.7. The van der Waals surface area contributed by atoms with Gasteiger partial charge in [0.05, 0.1) is 17.3 Å².